The molecule has 4 rings (SSSR count). The molecule has 1 heterocycles. The fraction of sp³-hybridized carbons (Fsp3) is 0.727. The van der Waals surface area contributed by atoms with E-state index in [-0.39, 0.29) is 22.2 Å². The zero-order valence-corrected chi connectivity index (χ0v) is 16.3. The number of phenolic OH excluding ortho intramolecular Hbond substituents is 1. The summed E-state index contributed by atoms with van der Waals surface area (Å²) in [5.74, 6) is 2.90. The number of rotatable bonds is 1. The fourth-order valence-corrected chi connectivity index (χ4v) is 6.43. The first-order valence-electron chi connectivity index (χ1n) is 9.83. The Balaban J connectivity index is 1.92. The topological polar surface area (TPSA) is 38.7 Å². The maximum absolute atomic E-state index is 10.6. The molecular weight excluding hydrogens is 312 g/mol. The summed E-state index contributed by atoms with van der Waals surface area (Å²) in [5, 5.41) is 10.6. The number of ether oxygens (including phenoxy) is 2. The SMILES string of the molecule is COc1ccc(O)c2c1C[C@]1(C)[C@@H](C)CC[C@H]3C(C)(C)CCCC31O2. The second-order valence-electron chi connectivity index (χ2n) is 9.55. The molecular formula is C22H32O3. The molecule has 3 heteroatoms. The van der Waals surface area contributed by atoms with E-state index in [9.17, 15) is 5.11 Å². The Morgan fingerprint density at radius 1 is 1.16 bits per heavy atom. The van der Waals surface area contributed by atoms with Gasteiger partial charge in [0.2, 0.25) is 0 Å². The lowest BCUT2D eigenvalue weighted by molar-refractivity contribution is -0.211. The molecule has 1 spiro atoms. The molecule has 138 valence electrons. The van der Waals surface area contributed by atoms with E-state index in [1.807, 2.05) is 6.07 Å². The van der Waals surface area contributed by atoms with Crippen LogP contribution in [0.5, 0.6) is 17.2 Å². The molecule has 1 aromatic rings. The first kappa shape index (κ1) is 17.1. The lowest BCUT2D eigenvalue weighted by Crippen LogP contribution is -2.68. The van der Waals surface area contributed by atoms with Crippen molar-refractivity contribution >= 4 is 0 Å². The molecule has 0 amide bonds. The normalized spacial score (nSPS) is 38.8. The van der Waals surface area contributed by atoms with Gasteiger partial charge in [-0.25, -0.2) is 0 Å². The molecule has 0 aromatic heterocycles. The van der Waals surface area contributed by atoms with E-state index < -0.39 is 0 Å². The molecule has 25 heavy (non-hydrogen) atoms. The first-order chi connectivity index (χ1) is 11.7. The molecule has 2 fully saturated rings. The van der Waals surface area contributed by atoms with Crippen molar-refractivity contribution in [3.63, 3.8) is 0 Å². The smallest absolute Gasteiger partial charge is 0.168 e. The predicted molar refractivity (Wildman–Crippen MR) is 99.3 cm³/mol. The van der Waals surface area contributed by atoms with Crippen molar-refractivity contribution in [3.8, 4) is 17.2 Å². The standard InChI is InChI=1S/C22H32O3/c1-14-7-10-18-20(2,3)11-6-12-22(18)21(14,4)13-15-17(24-5)9-8-16(23)19(15)25-22/h8-9,14,18,23H,6-7,10-13H2,1-5H3/t14-,18-,21+,22?/m0/s1. The summed E-state index contributed by atoms with van der Waals surface area (Å²) >= 11 is 0. The molecule has 0 radical (unpaired) electrons. The summed E-state index contributed by atoms with van der Waals surface area (Å²) in [6.45, 7) is 9.65. The van der Waals surface area contributed by atoms with Gasteiger partial charge in [-0.2, -0.15) is 0 Å². The molecule has 1 N–H and O–H groups in total. The van der Waals surface area contributed by atoms with E-state index in [1.165, 1.54) is 25.7 Å². The van der Waals surface area contributed by atoms with Gasteiger partial charge < -0.3 is 14.6 Å². The van der Waals surface area contributed by atoms with Crippen LogP contribution in [0.4, 0.5) is 0 Å². The Kier molecular flexibility index (Phi) is 3.62. The monoisotopic (exact) mass is 344 g/mol. The van der Waals surface area contributed by atoms with Crippen molar-refractivity contribution in [2.24, 2.45) is 22.7 Å². The molecule has 3 nitrogen and oxygen atoms in total. The fourth-order valence-electron chi connectivity index (χ4n) is 6.43. The van der Waals surface area contributed by atoms with Gasteiger partial charge in [0.25, 0.3) is 0 Å². The highest BCUT2D eigenvalue weighted by atomic mass is 16.5. The Bertz CT molecular complexity index is 695. The van der Waals surface area contributed by atoms with E-state index in [0.717, 1.165) is 24.2 Å². The Hall–Kier alpha value is -1.38. The van der Waals surface area contributed by atoms with Gasteiger partial charge in [-0.3, -0.25) is 0 Å². The van der Waals surface area contributed by atoms with E-state index in [0.29, 0.717) is 17.6 Å². The quantitative estimate of drug-likeness (QED) is 0.747. The third-order valence-corrected chi connectivity index (χ3v) is 8.06. The van der Waals surface area contributed by atoms with Gasteiger partial charge in [-0.05, 0) is 62.0 Å². The van der Waals surface area contributed by atoms with Gasteiger partial charge in [-0.15, -0.1) is 0 Å². The molecule has 0 bridgehead atoms. The first-order valence-corrected chi connectivity index (χ1v) is 9.83. The Labute approximate surface area is 151 Å². The van der Waals surface area contributed by atoms with E-state index in [4.69, 9.17) is 9.47 Å². The Morgan fingerprint density at radius 3 is 2.64 bits per heavy atom. The van der Waals surface area contributed by atoms with E-state index >= 15 is 0 Å². The average Bonchev–Trinajstić information content (AvgIpc) is 2.55. The molecule has 2 saturated carbocycles. The summed E-state index contributed by atoms with van der Waals surface area (Å²) in [7, 11) is 1.70. The largest absolute Gasteiger partial charge is 0.504 e. The summed E-state index contributed by atoms with van der Waals surface area (Å²) < 4.78 is 12.5. The second kappa shape index (κ2) is 5.31. The maximum atomic E-state index is 10.6. The van der Waals surface area contributed by atoms with Crippen LogP contribution in [0.2, 0.25) is 0 Å². The maximum Gasteiger partial charge on any atom is 0.168 e. The third kappa shape index (κ3) is 2.10. The van der Waals surface area contributed by atoms with Crippen molar-refractivity contribution in [2.45, 2.75) is 71.8 Å². The van der Waals surface area contributed by atoms with Crippen molar-refractivity contribution in [1.29, 1.82) is 0 Å². The molecule has 1 aromatic carbocycles. The highest BCUT2D eigenvalue weighted by Gasteiger charge is 2.66. The van der Waals surface area contributed by atoms with Gasteiger partial charge in [-0.1, -0.05) is 27.7 Å². The summed E-state index contributed by atoms with van der Waals surface area (Å²) in [6.07, 6.45) is 6.97. The minimum absolute atomic E-state index is 0.0711. The van der Waals surface area contributed by atoms with Crippen LogP contribution >= 0.6 is 0 Å². The third-order valence-electron chi connectivity index (χ3n) is 8.06. The van der Waals surface area contributed by atoms with Crippen LogP contribution in [-0.4, -0.2) is 17.8 Å². The number of hydrogen-bond acceptors (Lipinski definition) is 3. The number of methoxy groups -OCH3 is 1. The number of fused-ring (bicyclic) bond motifs is 1. The molecule has 3 aliphatic rings. The summed E-state index contributed by atoms with van der Waals surface area (Å²) in [5.41, 5.74) is 1.22. The van der Waals surface area contributed by atoms with Gasteiger partial charge in [0.15, 0.2) is 11.5 Å². The summed E-state index contributed by atoms with van der Waals surface area (Å²) in [4.78, 5) is 0. The Morgan fingerprint density at radius 2 is 1.92 bits per heavy atom. The molecule has 0 saturated heterocycles. The minimum Gasteiger partial charge on any atom is -0.504 e. The van der Waals surface area contributed by atoms with Crippen LogP contribution in [0.25, 0.3) is 0 Å². The lowest BCUT2D eigenvalue weighted by atomic mass is 9.44. The van der Waals surface area contributed by atoms with Crippen molar-refractivity contribution < 1.29 is 14.6 Å². The number of hydrogen-bond donors (Lipinski definition) is 1. The van der Waals surface area contributed by atoms with Crippen LogP contribution in [0.1, 0.15) is 65.4 Å². The van der Waals surface area contributed by atoms with E-state index in [2.05, 4.69) is 27.7 Å². The number of phenols is 1. The molecule has 1 aliphatic heterocycles. The van der Waals surface area contributed by atoms with E-state index in [1.54, 1.807) is 13.2 Å². The van der Waals surface area contributed by atoms with Gasteiger partial charge in [0.05, 0.1) is 7.11 Å². The van der Waals surface area contributed by atoms with Crippen LogP contribution in [-0.2, 0) is 6.42 Å². The molecule has 4 atom stereocenters. The second-order valence-corrected chi connectivity index (χ2v) is 9.55. The van der Waals surface area contributed by atoms with Crippen molar-refractivity contribution in [2.75, 3.05) is 7.11 Å². The zero-order chi connectivity index (χ0) is 18.0. The summed E-state index contributed by atoms with van der Waals surface area (Å²) in [6, 6.07) is 3.58. The average molecular weight is 344 g/mol. The van der Waals surface area contributed by atoms with Gasteiger partial charge in [0, 0.05) is 16.9 Å². The predicted octanol–water partition coefficient (Wildman–Crippen LogP) is 5.34. The highest BCUT2D eigenvalue weighted by Crippen LogP contribution is 2.67. The van der Waals surface area contributed by atoms with Crippen LogP contribution in [0.15, 0.2) is 12.1 Å². The van der Waals surface area contributed by atoms with Crippen LogP contribution in [0.3, 0.4) is 0 Å². The molecule has 2 aliphatic carbocycles. The molecule has 1 unspecified atom stereocenters. The lowest BCUT2D eigenvalue weighted by Gasteiger charge is -2.66. The van der Waals surface area contributed by atoms with Gasteiger partial charge in [0.1, 0.15) is 11.4 Å². The number of aromatic hydroxyl groups is 1. The minimum atomic E-state index is -0.177. The number of benzene rings is 1. The van der Waals surface area contributed by atoms with Gasteiger partial charge >= 0.3 is 0 Å². The van der Waals surface area contributed by atoms with Crippen LogP contribution in [0, 0.1) is 22.7 Å². The van der Waals surface area contributed by atoms with Crippen LogP contribution < -0.4 is 9.47 Å². The van der Waals surface area contributed by atoms with Crippen molar-refractivity contribution in [1.82, 2.24) is 0 Å². The van der Waals surface area contributed by atoms with Crippen molar-refractivity contribution in [3.05, 3.63) is 17.7 Å². The zero-order valence-electron chi connectivity index (χ0n) is 16.3. The highest BCUT2D eigenvalue weighted by molar-refractivity contribution is 5.56.